The van der Waals surface area contributed by atoms with Crippen molar-refractivity contribution in [1.29, 1.82) is 0 Å². The second kappa shape index (κ2) is 46.2. The Morgan fingerprint density at radius 1 is 0.508 bits per heavy atom. The number of nitrogens with one attached hydrogen (secondary N) is 1. The van der Waals surface area contributed by atoms with Crippen molar-refractivity contribution in [2.45, 2.75) is 301 Å². The molecule has 0 spiro atoms. The Bertz CT molecular complexity index is 1110. The average molecular weight is 920 g/mol. The molecule has 7 unspecified atom stereocenters. The maximum absolute atomic E-state index is 13.0. The van der Waals surface area contributed by atoms with Gasteiger partial charge in [0.15, 0.2) is 6.29 Å². The van der Waals surface area contributed by atoms with Crippen LogP contribution in [0.25, 0.3) is 0 Å². The van der Waals surface area contributed by atoms with Gasteiger partial charge in [-0.3, -0.25) is 4.79 Å². The summed E-state index contributed by atoms with van der Waals surface area (Å²) in [7, 11) is 0. The van der Waals surface area contributed by atoms with Crippen LogP contribution in [0.5, 0.6) is 0 Å². The van der Waals surface area contributed by atoms with Gasteiger partial charge in [-0.1, -0.05) is 230 Å². The summed E-state index contributed by atoms with van der Waals surface area (Å²) in [5.41, 5.74) is 0. The van der Waals surface area contributed by atoms with Gasteiger partial charge in [0.05, 0.1) is 25.4 Å². The van der Waals surface area contributed by atoms with E-state index in [1.807, 2.05) is 6.08 Å². The van der Waals surface area contributed by atoms with E-state index >= 15 is 0 Å². The van der Waals surface area contributed by atoms with Gasteiger partial charge in [-0.2, -0.15) is 0 Å². The van der Waals surface area contributed by atoms with Crippen LogP contribution >= 0.6 is 0 Å². The second-order valence-electron chi connectivity index (χ2n) is 19.4. The molecule has 0 bridgehead atoms. The van der Waals surface area contributed by atoms with Crippen LogP contribution in [0.1, 0.15) is 258 Å². The fourth-order valence-electron chi connectivity index (χ4n) is 8.76. The molecule has 1 rings (SSSR count). The summed E-state index contributed by atoms with van der Waals surface area (Å²) in [6.45, 7) is 3.78. The molecule has 382 valence electrons. The Hall–Kier alpha value is -1.59. The van der Waals surface area contributed by atoms with Crippen molar-refractivity contribution in [1.82, 2.24) is 5.32 Å². The predicted molar refractivity (Wildman–Crippen MR) is 272 cm³/mol. The highest BCUT2D eigenvalue weighted by atomic mass is 16.7. The average Bonchev–Trinajstić information content (AvgIpc) is 3.31. The van der Waals surface area contributed by atoms with E-state index < -0.39 is 49.5 Å². The maximum Gasteiger partial charge on any atom is 0.220 e. The highest BCUT2D eigenvalue weighted by Crippen LogP contribution is 2.23. The Morgan fingerprint density at radius 2 is 0.877 bits per heavy atom. The van der Waals surface area contributed by atoms with Gasteiger partial charge in [0.25, 0.3) is 0 Å². The van der Waals surface area contributed by atoms with Gasteiger partial charge in [0, 0.05) is 6.42 Å². The van der Waals surface area contributed by atoms with Crippen molar-refractivity contribution in [3.8, 4) is 0 Å². The Morgan fingerprint density at radius 3 is 1.29 bits per heavy atom. The van der Waals surface area contributed by atoms with Crippen LogP contribution in [-0.4, -0.2) is 87.5 Å². The quantitative estimate of drug-likeness (QED) is 0.0261. The molecule has 1 aliphatic rings. The largest absolute Gasteiger partial charge is 0.394 e. The number of aliphatic hydroxyl groups excluding tert-OH is 5. The van der Waals surface area contributed by atoms with Gasteiger partial charge in [-0.25, -0.2) is 0 Å². The lowest BCUT2D eigenvalue weighted by molar-refractivity contribution is -0.302. The van der Waals surface area contributed by atoms with Crippen molar-refractivity contribution < 1.29 is 39.8 Å². The maximum atomic E-state index is 13.0. The van der Waals surface area contributed by atoms with Gasteiger partial charge in [0.2, 0.25) is 5.91 Å². The van der Waals surface area contributed by atoms with Crippen molar-refractivity contribution in [2.75, 3.05) is 13.2 Å². The fourth-order valence-corrected chi connectivity index (χ4v) is 8.76. The molecular formula is C56H105NO8. The van der Waals surface area contributed by atoms with E-state index in [4.69, 9.17) is 9.47 Å². The lowest BCUT2D eigenvalue weighted by Crippen LogP contribution is -2.60. The lowest BCUT2D eigenvalue weighted by Gasteiger charge is -2.40. The Labute approximate surface area is 400 Å². The molecule has 0 saturated carbocycles. The zero-order valence-electron chi connectivity index (χ0n) is 42.3. The highest BCUT2D eigenvalue weighted by Gasteiger charge is 2.44. The molecule has 7 atom stereocenters. The molecule has 1 heterocycles. The first kappa shape index (κ1) is 61.4. The van der Waals surface area contributed by atoms with Crippen LogP contribution in [0.3, 0.4) is 0 Å². The fraction of sp³-hybridized carbons (Fsp3) is 0.875. The summed E-state index contributed by atoms with van der Waals surface area (Å²) in [6.07, 6.45) is 52.0. The first-order chi connectivity index (χ1) is 31.8. The van der Waals surface area contributed by atoms with Crippen LogP contribution in [0.15, 0.2) is 36.5 Å². The Balaban J connectivity index is 2.28. The standard InChI is InChI=1S/C56H105NO8/c1-3-5-7-9-11-13-15-17-19-21-23-25-27-29-31-33-35-37-39-41-43-45-50(59)49(48-64-56-55(63)54(62)53(61)51(47-58)65-56)57-52(60)46-44-42-40-38-36-34-32-30-28-26-24-22-20-18-16-14-12-10-8-6-4-2/h26,28,35,37,43,45,49-51,53-56,58-59,61-63H,3-25,27,29-34,36,38-42,44,46-48H2,1-2H3,(H,57,60)/b28-26-,37-35+,45-43+. The number of carbonyl (C=O) groups excluding carboxylic acids is 1. The number of allylic oxidation sites excluding steroid dienone is 5. The minimum Gasteiger partial charge on any atom is -0.394 e. The van der Waals surface area contributed by atoms with E-state index in [9.17, 15) is 30.3 Å². The molecule has 0 aromatic rings. The van der Waals surface area contributed by atoms with Crippen molar-refractivity contribution in [3.63, 3.8) is 0 Å². The SMILES string of the molecule is CCCCCCCCCCCC/C=C\CCCCCCCCCC(=O)NC(COC1OC(CO)C(O)C(O)C1O)C(O)/C=C/CC/C=C/CCCCCCCCCCCCCCCCC. The third kappa shape index (κ3) is 36.1. The third-order valence-electron chi connectivity index (χ3n) is 13.2. The van der Waals surface area contributed by atoms with Gasteiger partial charge in [0.1, 0.15) is 24.4 Å². The number of rotatable bonds is 47. The van der Waals surface area contributed by atoms with Gasteiger partial charge in [-0.15, -0.1) is 0 Å². The van der Waals surface area contributed by atoms with Gasteiger partial charge >= 0.3 is 0 Å². The molecule has 9 nitrogen and oxygen atoms in total. The summed E-state index contributed by atoms with van der Waals surface area (Å²) in [6, 6.07) is -0.823. The smallest absolute Gasteiger partial charge is 0.220 e. The van der Waals surface area contributed by atoms with Crippen molar-refractivity contribution >= 4 is 5.91 Å². The van der Waals surface area contributed by atoms with E-state index in [-0.39, 0.29) is 12.5 Å². The Kier molecular flexibility index (Phi) is 43.6. The topological polar surface area (TPSA) is 149 Å². The number of ether oxygens (including phenoxy) is 2. The summed E-state index contributed by atoms with van der Waals surface area (Å²) in [4.78, 5) is 13.0. The highest BCUT2D eigenvalue weighted by molar-refractivity contribution is 5.76. The van der Waals surface area contributed by atoms with Crippen molar-refractivity contribution in [2.24, 2.45) is 0 Å². The molecule has 65 heavy (non-hydrogen) atoms. The molecule has 6 N–H and O–H groups in total. The molecule has 1 fully saturated rings. The monoisotopic (exact) mass is 920 g/mol. The van der Waals surface area contributed by atoms with Crippen LogP contribution in [0, 0.1) is 0 Å². The van der Waals surface area contributed by atoms with Crippen molar-refractivity contribution in [3.05, 3.63) is 36.5 Å². The molecule has 1 amide bonds. The van der Waals surface area contributed by atoms with E-state index in [1.165, 1.54) is 186 Å². The molecule has 1 aliphatic heterocycles. The molecule has 1 saturated heterocycles. The van der Waals surface area contributed by atoms with Crippen LogP contribution in [0.4, 0.5) is 0 Å². The number of carbonyl (C=O) groups is 1. The summed E-state index contributed by atoms with van der Waals surface area (Å²) in [5, 5.41) is 54.4. The zero-order valence-corrected chi connectivity index (χ0v) is 42.3. The van der Waals surface area contributed by atoms with Crippen LogP contribution < -0.4 is 5.32 Å². The first-order valence-corrected chi connectivity index (χ1v) is 27.7. The number of aliphatic hydroxyl groups is 5. The lowest BCUT2D eigenvalue weighted by atomic mass is 9.99. The van der Waals surface area contributed by atoms with Gasteiger partial charge < -0.3 is 40.3 Å². The third-order valence-corrected chi connectivity index (χ3v) is 13.2. The molecule has 9 heteroatoms. The normalized spacial score (nSPS) is 20.1. The van der Waals surface area contributed by atoms with Crippen LogP contribution in [0.2, 0.25) is 0 Å². The summed E-state index contributed by atoms with van der Waals surface area (Å²) >= 11 is 0. The number of hydrogen-bond acceptors (Lipinski definition) is 8. The molecular weight excluding hydrogens is 815 g/mol. The first-order valence-electron chi connectivity index (χ1n) is 27.7. The van der Waals surface area contributed by atoms with E-state index in [0.717, 1.165) is 51.4 Å². The van der Waals surface area contributed by atoms with Gasteiger partial charge in [-0.05, 0) is 57.8 Å². The number of hydrogen-bond donors (Lipinski definition) is 6. The van der Waals surface area contributed by atoms with Crippen LogP contribution in [-0.2, 0) is 14.3 Å². The molecule has 0 aromatic carbocycles. The van der Waals surface area contributed by atoms with E-state index in [0.29, 0.717) is 6.42 Å². The number of amides is 1. The zero-order chi connectivity index (χ0) is 47.3. The molecule has 0 radical (unpaired) electrons. The minimum absolute atomic E-state index is 0.189. The second-order valence-corrected chi connectivity index (χ2v) is 19.4. The molecule has 0 aromatic heterocycles. The summed E-state index contributed by atoms with van der Waals surface area (Å²) < 4.78 is 11.2. The predicted octanol–water partition coefficient (Wildman–Crippen LogP) is 13.2. The number of unbranched alkanes of at least 4 members (excludes halogenated alkanes) is 33. The van der Waals surface area contributed by atoms with E-state index in [1.54, 1.807) is 6.08 Å². The minimum atomic E-state index is -1.57. The van der Waals surface area contributed by atoms with E-state index in [2.05, 4.69) is 43.5 Å². The summed E-state index contributed by atoms with van der Waals surface area (Å²) in [5.74, 6) is -0.189. The molecule has 0 aliphatic carbocycles.